The van der Waals surface area contributed by atoms with Gasteiger partial charge in [-0.15, -0.1) is 0 Å². The van der Waals surface area contributed by atoms with Crippen LogP contribution in [0.3, 0.4) is 0 Å². The maximum atomic E-state index is 13.4. The maximum Gasteiger partial charge on any atom is 0.410 e. The first-order chi connectivity index (χ1) is 68.2. The number of amides is 4. The number of nitriles is 3. The molecule has 0 saturated carbocycles. The number of rotatable bonds is 23. The van der Waals surface area contributed by atoms with Gasteiger partial charge in [0.1, 0.15) is 116 Å². The molecule has 0 radical (unpaired) electrons. The van der Waals surface area contributed by atoms with E-state index in [4.69, 9.17) is 76.2 Å². The molecular weight excluding hydrogens is 1820 g/mol. The fraction of sp³-hybridized carbons (Fsp3) is 0.393. The van der Waals surface area contributed by atoms with E-state index in [1.807, 2.05) is 88.5 Å². The third-order valence-corrected chi connectivity index (χ3v) is 25.3. The number of aliphatic hydroxyl groups is 3. The van der Waals surface area contributed by atoms with E-state index in [-0.39, 0.29) is 62.2 Å². The van der Waals surface area contributed by atoms with Gasteiger partial charge in [-0.1, -0.05) is 18.2 Å². The number of carbonyl (C=O) groups is 5. The third kappa shape index (κ3) is 24.1. The highest BCUT2D eigenvalue weighted by atomic mass is 16.6. The number of aromatic nitrogens is 3. The second kappa shape index (κ2) is 44.4. The molecule has 6 aromatic heterocycles. The molecule has 35 nitrogen and oxygen atoms in total. The lowest BCUT2D eigenvalue weighted by Crippen LogP contribution is -2.53. The third-order valence-electron chi connectivity index (χ3n) is 25.3. The quantitative estimate of drug-likeness (QED) is 0.0313. The molecule has 3 atom stereocenters. The number of hydrogen-bond donors (Lipinski definition) is 7. The van der Waals surface area contributed by atoms with Gasteiger partial charge in [-0.25, -0.2) is 14.4 Å². The lowest BCUT2D eigenvalue weighted by atomic mass is 9.98. The van der Waals surface area contributed by atoms with Crippen molar-refractivity contribution >= 4 is 63.3 Å². The van der Waals surface area contributed by atoms with Gasteiger partial charge in [0.2, 0.25) is 0 Å². The molecule has 0 spiro atoms. The Bertz CT molecular complexity index is 6740. The van der Waals surface area contributed by atoms with Crippen molar-refractivity contribution in [2.45, 2.75) is 145 Å². The molecule has 3 unspecified atom stereocenters. The topological polar surface area (TPSA) is 477 Å². The normalized spacial score (nSPS) is 18.4. The summed E-state index contributed by atoms with van der Waals surface area (Å²) in [6.45, 7) is 16.9. The number of nitrogens with two attached hydrogens (primary N) is 1. The first-order valence-corrected chi connectivity index (χ1v) is 47.0. The molecule has 742 valence electrons. The number of fused-ring (bicyclic) bond motifs is 3. The summed E-state index contributed by atoms with van der Waals surface area (Å²) in [5.41, 5.74) is 14.6. The number of likely N-dealkylation sites (tertiary alicyclic amines) is 3. The van der Waals surface area contributed by atoms with Crippen LogP contribution in [0.5, 0.6) is 34.5 Å². The summed E-state index contributed by atoms with van der Waals surface area (Å²) < 4.78 is 80.9. The Morgan fingerprint density at radius 1 is 0.430 bits per heavy atom. The van der Waals surface area contributed by atoms with Crippen LogP contribution in [0.25, 0.3) is 101 Å². The molecule has 12 aromatic rings. The Labute approximate surface area is 820 Å². The van der Waals surface area contributed by atoms with Gasteiger partial charge in [0.25, 0.3) is 11.8 Å². The number of furan rings is 3. The largest absolute Gasteiger partial charge is 0.496 e. The minimum absolute atomic E-state index is 0.00688. The van der Waals surface area contributed by atoms with Crippen LogP contribution in [0.15, 0.2) is 177 Å². The molecule has 18 rings (SSSR count). The number of pyridine rings is 3. The fourth-order valence-corrected chi connectivity index (χ4v) is 17.7. The average Bonchev–Trinajstić information content (AvgIpc) is 1.62. The van der Waals surface area contributed by atoms with Crippen molar-refractivity contribution in [1.29, 1.82) is 15.8 Å². The van der Waals surface area contributed by atoms with Crippen LogP contribution in [0, 0.1) is 34.0 Å². The summed E-state index contributed by atoms with van der Waals surface area (Å²) in [7, 11) is 6.49. The molecule has 35 heteroatoms. The van der Waals surface area contributed by atoms with Crippen LogP contribution >= 0.6 is 0 Å². The second-order valence-corrected chi connectivity index (χ2v) is 38.0. The number of benzene rings is 6. The van der Waals surface area contributed by atoms with E-state index in [1.165, 1.54) is 31.3 Å². The number of carboxylic acid groups (broad SMARTS) is 1. The van der Waals surface area contributed by atoms with Crippen molar-refractivity contribution in [3.05, 3.63) is 198 Å². The molecule has 12 heterocycles. The number of likely N-dealkylation sites (N-methyl/N-ethyl adjacent to an activating group) is 1. The predicted molar refractivity (Wildman–Crippen MR) is 524 cm³/mol. The van der Waals surface area contributed by atoms with Crippen molar-refractivity contribution in [2.24, 2.45) is 5.73 Å². The monoisotopic (exact) mass is 1940 g/mol. The van der Waals surface area contributed by atoms with Crippen LogP contribution in [0.1, 0.15) is 147 Å². The zero-order valence-electron chi connectivity index (χ0n) is 80.9. The van der Waals surface area contributed by atoms with E-state index in [2.05, 4.69) is 48.7 Å². The van der Waals surface area contributed by atoms with Crippen LogP contribution in [-0.4, -0.2) is 253 Å². The molecule has 6 fully saturated rings. The molecule has 0 bridgehead atoms. The highest BCUT2D eigenvalue weighted by molar-refractivity contribution is 6.00. The number of carbonyl (C=O) groups excluding carboxylic acids is 4. The molecule has 6 aliphatic rings. The maximum absolute atomic E-state index is 13.4. The Morgan fingerprint density at radius 3 is 1.08 bits per heavy atom. The van der Waals surface area contributed by atoms with E-state index in [0.29, 0.717) is 215 Å². The summed E-state index contributed by atoms with van der Waals surface area (Å²) in [5, 5.41) is 74.1. The molecule has 6 aliphatic heterocycles. The fourth-order valence-electron chi connectivity index (χ4n) is 17.7. The van der Waals surface area contributed by atoms with Gasteiger partial charge in [0, 0.05) is 142 Å². The molecule has 142 heavy (non-hydrogen) atoms. The van der Waals surface area contributed by atoms with Gasteiger partial charge in [0.05, 0.1) is 136 Å². The minimum atomic E-state index is -1.04. The van der Waals surface area contributed by atoms with E-state index in [9.17, 15) is 55.1 Å². The smallest absolute Gasteiger partial charge is 0.410 e. The van der Waals surface area contributed by atoms with E-state index in [0.717, 1.165) is 78.5 Å². The zero-order valence-corrected chi connectivity index (χ0v) is 80.9. The Hall–Kier alpha value is -14.7. The highest BCUT2D eigenvalue weighted by Gasteiger charge is 2.44. The van der Waals surface area contributed by atoms with Crippen molar-refractivity contribution in [3.63, 3.8) is 0 Å². The van der Waals surface area contributed by atoms with E-state index < -0.39 is 45.8 Å². The van der Waals surface area contributed by atoms with Crippen molar-refractivity contribution in [3.8, 4) is 120 Å². The summed E-state index contributed by atoms with van der Waals surface area (Å²) in [5.74, 6) is 2.66. The van der Waals surface area contributed by atoms with Crippen LogP contribution in [0.2, 0.25) is 0 Å². The summed E-state index contributed by atoms with van der Waals surface area (Å²) >= 11 is 0. The lowest BCUT2D eigenvalue weighted by molar-refractivity contribution is 0.0252. The average molecular weight is 1940 g/mol. The van der Waals surface area contributed by atoms with Gasteiger partial charge < -0.3 is 117 Å². The van der Waals surface area contributed by atoms with Gasteiger partial charge in [-0.3, -0.25) is 24.5 Å². The Morgan fingerprint density at radius 2 is 0.768 bits per heavy atom. The number of aliphatic hydroxyl groups excluding tert-OH is 3. The summed E-state index contributed by atoms with van der Waals surface area (Å²) in [6, 6.07) is 49.0. The molecular formula is C107H116N12O23. The molecule has 4 amide bonds. The number of hydrogen-bond acceptors (Lipinski definition) is 30. The highest BCUT2D eigenvalue weighted by Crippen LogP contribution is 2.45. The van der Waals surface area contributed by atoms with Crippen LogP contribution in [0.4, 0.5) is 9.59 Å². The van der Waals surface area contributed by atoms with E-state index >= 15 is 0 Å². The zero-order chi connectivity index (χ0) is 101. The van der Waals surface area contributed by atoms with Gasteiger partial charge in [-0.2, -0.15) is 15.8 Å². The van der Waals surface area contributed by atoms with Gasteiger partial charge in [-0.05, 0) is 194 Å². The molecule has 8 N–H and O–H groups in total. The molecule has 0 aliphatic carbocycles. The van der Waals surface area contributed by atoms with Crippen molar-refractivity contribution in [1.82, 2.24) is 40.3 Å². The molecule has 6 saturated heterocycles. The van der Waals surface area contributed by atoms with Gasteiger partial charge >= 0.3 is 18.2 Å². The number of ether oxygens (including phenoxy) is 11. The predicted octanol–water partition coefficient (Wildman–Crippen LogP) is 15.7. The van der Waals surface area contributed by atoms with Crippen LogP contribution in [-0.2, 0) is 23.7 Å². The number of methoxy groups -OCH3 is 3. The standard InChI is InChI=1S/C37H40N4O8.C33H34N4O6.C27H22N2O6.C10H20N2O3/c1-36(2,3)49-35(44)41-14-12-37(21-41,22-42)40-34(43)24-5-7-28(31(18-24)45-4)32-19-29-33(48-32)27(9-13-39-29)23-6-8-30(25(17-23)20-38)47-26-10-15-46-16-11-26;1-37-12-10-33(19-37,20-38)36-32(39)22-3-5-26(29(16-22)40-2)30-17-27-31(43-30)25(7-11-35-27)21-4-6-28(23(15-21)18-34)42-24-8-13-41-14-9-24;1-32-24-13-17(27(30)31)2-4-21(24)25-14-22-26(35-25)20(6-9-29-22)16-3-5-23(18(12-16)15-28)34-19-7-10-33-11-8-19;1-9(2,3)15-8(14)12-5-4-10(11,6-12)7-13/h5-9,13,17-19,26,42H,10-12,14-16,21-22H2,1-4H3,(H,40,43);3-7,11,15-17,24,38H,8-10,12-14,19-20H2,1-2H3,(H,36,39);2-6,9,12-14,19H,7-8,10-11H2,1H3,(H,30,31);13H,4-7,11H2,1-3H3. The SMILES string of the molecule is CC(C)(C)OC(=O)N1CCC(N)(CO)C1.COc1cc(C(=O)NC2(CO)CCN(C(=O)OC(C)(C)C)C2)ccc1-c1cc2nccc(-c3ccc(OC4CCOCC4)c(C#N)c3)c2o1.COc1cc(C(=O)NC2(CO)CCN(C)C2)ccc1-c1cc2nccc(-c3ccc(OC4CCOCC4)c(C#N)c3)c2o1.COc1cc(C(=O)O)ccc1-c1cc2nccc(-c3ccc(OC4CCOCC4)c(C#N)c3)c2o1. The van der Waals surface area contributed by atoms with Crippen molar-refractivity contribution < 1.29 is 110 Å². The molecule has 6 aromatic carbocycles. The Kier molecular flexibility index (Phi) is 31.8. The van der Waals surface area contributed by atoms with Crippen molar-refractivity contribution in [2.75, 3.05) is 127 Å². The summed E-state index contributed by atoms with van der Waals surface area (Å²) in [6.07, 6.45) is 10.7. The first-order valence-electron chi connectivity index (χ1n) is 47.0. The number of carboxylic acids is 1. The number of nitrogens with zero attached hydrogens (tertiary/aromatic N) is 9. The number of aromatic carboxylic acids is 1. The summed E-state index contributed by atoms with van der Waals surface area (Å²) in [4.78, 5) is 80.7. The Balaban J connectivity index is 0.000000151. The minimum Gasteiger partial charge on any atom is -0.496 e. The van der Waals surface area contributed by atoms with Gasteiger partial charge in [0.15, 0.2) is 16.7 Å². The van der Waals surface area contributed by atoms with E-state index in [1.54, 1.807) is 124 Å². The number of nitrogens with one attached hydrogen (secondary N) is 2. The van der Waals surface area contributed by atoms with Crippen LogP contribution < -0.4 is 44.8 Å². The second-order valence-electron chi connectivity index (χ2n) is 38.0. The lowest BCUT2D eigenvalue weighted by Gasteiger charge is -2.29. The first kappa shape index (κ1) is 102.